The van der Waals surface area contributed by atoms with Gasteiger partial charge in [-0.3, -0.25) is 0 Å². The Morgan fingerprint density at radius 2 is 1.67 bits per heavy atom. The van der Waals surface area contributed by atoms with E-state index < -0.39 is 0 Å². The second-order valence-corrected chi connectivity index (χ2v) is 7.87. The van der Waals surface area contributed by atoms with Gasteiger partial charge in [-0.1, -0.05) is 32.1 Å². The van der Waals surface area contributed by atoms with E-state index in [-0.39, 0.29) is 0 Å². The molecule has 3 aliphatic carbocycles. The molecule has 18 heavy (non-hydrogen) atoms. The Bertz CT molecular complexity index is 268. The Balaban J connectivity index is 1.51. The van der Waals surface area contributed by atoms with Crippen LogP contribution in [0.4, 0.5) is 0 Å². The van der Waals surface area contributed by atoms with Crippen LogP contribution in [0.15, 0.2) is 0 Å². The molecule has 3 saturated carbocycles. The van der Waals surface area contributed by atoms with Crippen LogP contribution in [-0.2, 0) is 0 Å². The van der Waals surface area contributed by atoms with Crippen LogP contribution >= 0.6 is 11.8 Å². The van der Waals surface area contributed by atoms with Gasteiger partial charge < -0.3 is 5.32 Å². The Morgan fingerprint density at radius 3 is 2.50 bits per heavy atom. The zero-order valence-corrected chi connectivity index (χ0v) is 12.7. The quantitative estimate of drug-likeness (QED) is 0.821. The molecule has 3 fully saturated rings. The van der Waals surface area contributed by atoms with Crippen LogP contribution in [-0.4, -0.2) is 23.6 Å². The third-order valence-electron chi connectivity index (χ3n) is 5.74. The summed E-state index contributed by atoms with van der Waals surface area (Å²) in [6.07, 6.45) is 17.1. The predicted octanol–water partition coefficient (Wildman–Crippen LogP) is 4.22. The Labute approximate surface area is 117 Å². The molecule has 0 amide bonds. The summed E-state index contributed by atoms with van der Waals surface area (Å²) < 4.78 is 0. The average Bonchev–Trinajstić information content (AvgIpc) is 2.86. The van der Waals surface area contributed by atoms with Crippen molar-refractivity contribution in [1.82, 2.24) is 5.32 Å². The largest absolute Gasteiger partial charge is 0.310 e. The van der Waals surface area contributed by atoms with Gasteiger partial charge in [0.05, 0.1) is 0 Å². The van der Waals surface area contributed by atoms with E-state index in [4.69, 9.17) is 0 Å². The van der Waals surface area contributed by atoms with Crippen LogP contribution in [0.3, 0.4) is 0 Å². The molecule has 3 aliphatic rings. The highest BCUT2D eigenvalue weighted by molar-refractivity contribution is 7.99. The van der Waals surface area contributed by atoms with E-state index in [1.54, 1.807) is 0 Å². The van der Waals surface area contributed by atoms with Crippen LogP contribution < -0.4 is 5.32 Å². The molecule has 0 aromatic heterocycles. The minimum Gasteiger partial charge on any atom is -0.310 e. The van der Waals surface area contributed by atoms with E-state index in [1.165, 1.54) is 64.2 Å². The first kappa shape index (κ1) is 13.3. The summed E-state index contributed by atoms with van der Waals surface area (Å²) in [6.45, 7) is 0. The summed E-state index contributed by atoms with van der Waals surface area (Å²) in [4.78, 5) is 0. The molecule has 0 heterocycles. The van der Waals surface area contributed by atoms with Crippen LogP contribution in [0.25, 0.3) is 0 Å². The normalized spacial score (nSPS) is 44.8. The first-order valence-electron chi connectivity index (χ1n) is 8.15. The fourth-order valence-corrected chi connectivity index (χ4v) is 5.67. The van der Waals surface area contributed by atoms with Gasteiger partial charge in [-0.25, -0.2) is 0 Å². The number of fused-ring (bicyclic) bond motifs is 1. The second kappa shape index (κ2) is 6.17. The van der Waals surface area contributed by atoms with E-state index >= 15 is 0 Å². The number of rotatable bonds is 3. The smallest absolute Gasteiger partial charge is 0.0198 e. The van der Waals surface area contributed by atoms with Crippen LogP contribution in [0.1, 0.15) is 64.2 Å². The maximum Gasteiger partial charge on any atom is 0.0198 e. The highest BCUT2D eigenvalue weighted by Crippen LogP contribution is 2.41. The van der Waals surface area contributed by atoms with Crippen molar-refractivity contribution in [3.05, 3.63) is 0 Å². The molecular formula is C16H29NS. The lowest BCUT2D eigenvalue weighted by atomic mass is 9.69. The van der Waals surface area contributed by atoms with Gasteiger partial charge in [-0.05, 0) is 50.2 Å². The number of thioether (sulfide) groups is 1. The van der Waals surface area contributed by atoms with Gasteiger partial charge in [0.15, 0.2) is 0 Å². The Kier molecular flexibility index (Phi) is 4.56. The number of hydrogen-bond acceptors (Lipinski definition) is 2. The van der Waals surface area contributed by atoms with E-state index in [0.717, 1.165) is 29.2 Å². The highest BCUT2D eigenvalue weighted by atomic mass is 32.2. The molecule has 0 aromatic carbocycles. The summed E-state index contributed by atoms with van der Waals surface area (Å²) in [7, 11) is 0. The molecule has 104 valence electrons. The monoisotopic (exact) mass is 267 g/mol. The first-order chi connectivity index (χ1) is 8.86. The Morgan fingerprint density at radius 1 is 0.833 bits per heavy atom. The summed E-state index contributed by atoms with van der Waals surface area (Å²) in [5.74, 6) is 2.16. The summed E-state index contributed by atoms with van der Waals surface area (Å²) in [6, 6.07) is 1.67. The van der Waals surface area contributed by atoms with Gasteiger partial charge in [-0.2, -0.15) is 11.8 Å². The third kappa shape index (κ3) is 2.90. The molecule has 1 N–H and O–H groups in total. The van der Waals surface area contributed by atoms with Crippen molar-refractivity contribution >= 4 is 11.8 Å². The zero-order chi connectivity index (χ0) is 12.4. The van der Waals surface area contributed by atoms with Crippen molar-refractivity contribution in [3.63, 3.8) is 0 Å². The van der Waals surface area contributed by atoms with Crippen molar-refractivity contribution in [2.45, 2.75) is 81.5 Å². The molecule has 2 heteroatoms. The molecular weight excluding hydrogens is 238 g/mol. The van der Waals surface area contributed by atoms with Crippen molar-refractivity contribution in [2.24, 2.45) is 11.8 Å². The van der Waals surface area contributed by atoms with Crippen molar-refractivity contribution in [1.29, 1.82) is 0 Å². The van der Waals surface area contributed by atoms with Gasteiger partial charge in [0, 0.05) is 17.3 Å². The van der Waals surface area contributed by atoms with Gasteiger partial charge in [0.25, 0.3) is 0 Å². The van der Waals surface area contributed by atoms with Crippen LogP contribution in [0.2, 0.25) is 0 Å². The lowest BCUT2D eigenvalue weighted by Gasteiger charge is -2.41. The Hall–Kier alpha value is 0.310. The lowest BCUT2D eigenvalue weighted by Crippen LogP contribution is -2.45. The van der Waals surface area contributed by atoms with E-state index in [0.29, 0.717) is 0 Å². The molecule has 1 nitrogen and oxygen atoms in total. The zero-order valence-electron chi connectivity index (χ0n) is 11.9. The molecule has 0 aliphatic heterocycles. The molecule has 0 bridgehead atoms. The fourth-order valence-electron chi connectivity index (χ4n) is 4.73. The fraction of sp³-hybridized carbons (Fsp3) is 1.00. The molecule has 0 radical (unpaired) electrons. The predicted molar refractivity (Wildman–Crippen MR) is 81.2 cm³/mol. The van der Waals surface area contributed by atoms with Crippen molar-refractivity contribution in [3.8, 4) is 0 Å². The molecule has 3 rings (SSSR count). The minimum atomic E-state index is 0.824. The van der Waals surface area contributed by atoms with Crippen LogP contribution in [0.5, 0.6) is 0 Å². The molecule has 0 spiro atoms. The summed E-state index contributed by atoms with van der Waals surface area (Å²) in [5.41, 5.74) is 0. The average molecular weight is 267 g/mol. The van der Waals surface area contributed by atoms with Crippen LogP contribution in [0, 0.1) is 11.8 Å². The SMILES string of the molecule is CSC1CCCC1NC1CCC2CCCCC2C1. The standard InChI is InChI=1S/C16H29NS/c1-18-16-8-4-7-15(16)17-14-10-9-12-5-2-3-6-13(12)11-14/h12-17H,2-11H2,1H3. The van der Waals surface area contributed by atoms with Crippen molar-refractivity contribution in [2.75, 3.05) is 6.26 Å². The van der Waals surface area contributed by atoms with Gasteiger partial charge in [-0.15, -0.1) is 0 Å². The first-order valence-corrected chi connectivity index (χ1v) is 9.44. The second-order valence-electron chi connectivity index (χ2n) is 6.79. The maximum atomic E-state index is 4.03. The highest BCUT2D eigenvalue weighted by Gasteiger charge is 2.34. The lowest BCUT2D eigenvalue weighted by molar-refractivity contribution is 0.139. The minimum absolute atomic E-state index is 0.824. The molecule has 5 atom stereocenters. The number of hydrogen-bond donors (Lipinski definition) is 1. The van der Waals surface area contributed by atoms with Crippen molar-refractivity contribution < 1.29 is 0 Å². The van der Waals surface area contributed by atoms with E-state index in [2.05, 4.69) is 23.3 Å². The molecule has 0 saturated heterocycles. The maximum absolute atomic E-state index is 4.03. The topological polar surface area (TPSA) is 12.0 Å². The van der Waals surface area contributed by atoms with E-state index in [9.17, 15) is 0 Å². The number of nitrogens with one attached hydrogen (secondary N) is 1. The summed E-state index contributed by atoms with van der Waals surface area (Å²) in [5, 5.41) is 4.93. The molecule has 5 unspecified atom stereocenters. The van der Waals surface area contributed by atoms with Gasteiger partial charge >= 0.3 is 0 Å². The third-order valence-corrected chi connectivity index (χ3v) is 6.91. The van der Waals surface area contributed by atoms with Gasteiger partial charge in [0.2, 0.25) is 0 Å². The van der Waals surface area contributed by atoms with E-state index in [1.807, 2.05) is 0 Å². The molecule has 0 aromatic rings. The summed E-state index contributed by atoms with van der Waals surface area (Å²) >= 11 is 2.09. The van der Waals surface area contributed by atoms with Gasteiger partial charge in [0.1, 0.15) is 0 Å².